The maximum Gasteiger partial charge on any atom is 0.471 e. The molecule has 1 fully saturated rings. The molecule has 1 aliphatic rings. The van der Waals surface area contributed by atoms with Crippen molar-refractivity contribution in [3.05, 3.63) is 23.8 Å². The van der Waals surface area contributed by atoms with E-state index in [1.54, 1.807) is 0 Å². The molecule has 0 saturated carbocycles. The predicted molar refractivity (Wildman–Crippen MR) is 107 cm³/mol. The second-order valence-corrected chi connectivity index (χ2v) is 8.33. The van der Waals surface area contributed by atoms with E-state index in [0.717, 1.165) is 0 Å². The van der Waals surface area contributed by atoms with Gasteiger partial charge in [-0.1, -0.05) is 0 Å². The zero-order valence-electron chi connectivity index (χ0n) is 19.7. The van der Waals surface area contributed by atoms with Crippen LogP contribution in [0.5, 0.6) is 11.5 Å². The number of piperidine rings is 1. The number of alkyl halides is 12. The molecule has 0 spiro atoms. The molecule has 1 atom stereocenters. The molecule has 0 radical (unpaired) electrons. The number of hydrogen-bond acceptors (Lipinski definition) is 5. The SMILES string of the molecule is O=C(c1cc(OCC(F)(F)F)ccc1OCC(F)(F)F)N(CC1CCCCN1C(=O)C(F)(F)F)C(=O)C(F)(F)F. The maximum absolute atomic E-state index is 13.4. The molecule has 0 aromatic heterocycles. The van der Waals surface area contributed by atoms with E-state index in [9.17, 15) is 67.1 Å². The van der Waals surface area contributed by atoms with Gasteiger partial charge >= 0.3 is 36.5 Å². The topological polar surface area (TPSA) is 76.2 Å². The zero-order valence-corrected chi connectivity index (χ0v) is 19.7. The van der Waals surface area contributed by atoms with Crippen LogP contribution in [-0.4, -0.2) is 84.6 Å². The van der Waals surface area contributed by atoms with Crippen LogP contribution in [-0.2, 0) is 9.59 Å². The molecule has 0 bridgehead atoms. The lowest BCUT2D eigenvalue weighted by Crippen LogP contribution is -2.56. The third kappa shape index (κ3) is 9.35. The van der Waals surface area contributed by atoms with Crippen molar-refractivity contribution in [3.8, 4) is 11.5 Å². The number of imide groups is 1. The van der Waals surface area contributed by atoms with Crippen molar-refractivity contribution >= 4 is 17.7 Å². The first-order chi connectivity index (χ1) is 18.1. The molecule has 0 aliphatic carbocycles. The number of rotatable bonds is 7. The molecule has 226 valence electrons. The third-order valence-corrected chi connectivity index (χ3v) is 5.23. The van der Waals surface area contributed by atoms with Crippen molar-refractivity contribution in [2.24, 2.45) is 0 Å². The van der Waals surface area contributed by atoms with Crippen molar-refractivity contribution in [2.45, 2.75) is 50.0 Å². The van der Waals surface area contributed by atoms with Gasteiger partial charge in [-0.15, -0.1) is 0 Å². The summed E-state index contributed by atoms with van der Waals surface area (Å²) in [6.45, 7) is -6.21. The van der Waals surface area contributed by atoms with Gasteiger partial charge in [0, 0.05) is 13.1 Å². The van der Waals surface area contributed by atoms with Crippen LogP contribution in [0.4, 0.5) is 52.7 Å². The minimum atomic E-state index is -5.85. The van der Waals surface area contributed by atoms with Crippen molar-refractivity contribution in [1.82, 2.24) is 9.80 Å². The Kier molecular flexibility index (Phi) is 9.83. The van der Waals surface area contributed by atoms with Gasteiger partial charge < -0.3 is 14.4 Å². The highest BCUT2D eigenvalue weighted by Crippen LogP contribution is 2.32. The van der Waals surface area contributed by atoms with Crippen LogP contribution in [0.15, 0.2) is 18.2 Å². The van der Waals surface area contributed by atoms with Crippen molar-refractivity contribution in [2.75, 3.05) is 26.3 Å². The summed E-state index contributed by atoms with van der Waals surface area (Å²) in [7, 11) is 0. The van der Waals surface area contributed by atoms with Gasteiger partial charge in [-0.25, -0.2) is 0 Å². The first-order valence-corrected chi connectivity index (χ1v) is 10.9. The standard InChI is InChI=1S/C21H18F12N2O5/c22-18(23,24)9-39-12-4-5-14(40-10-19(25,26)27)13(7-12)15(36)35(17(38)21(31,32)33)8-11-3-1-2-6-34(11)16(37)20(28,29)30/h4-5,7,11H,1-3,6,8-10H2. The highest BCUT2D eigenvalue weighted by molar-refractivity contribution is 6.08. The number of likely N-dealkylation sites (tertiary alicyclic amines) is 1. The van der Waals surface area contributed by atoms with Gasteiger partial charge in [0.1, 0.15) is 11.5 Å². The molecule has 7 nitrogen and oxygen atoms in total. The Morgan fingerprint density at radius 1 is 0.825 bits per heavy atom. The van der Waals surface area contributed by atoms with Gasteiger partial charge in [-0.2, -0.15) is 52.7 Å². The second-order valence-electron chi connectivity index (χ2n) is 8.33. The zero-order chi connectivity index (χ0) is 30.7. The fraction of sp³-hybridized carbons (Fsp3) is 0.571. The van der Waals surface area contributed by atoms with E-state index in [2.05, 4.69) is 9.47 Å². The molecule has 1 aromatic carbocycles. The monoisotopic (exact) mass is 606 g/mol. The van der Waals surface area contributed by atoms with Gasteiger partial charge in [-0.3, -0.25) is 19.3 Å². The van der Waals surface area contributed by atoms with E-state index in [-0.39, 0.29) is 23.8 Å². The quantitative estimate of drug-likeness (QED) is 0.407. The third-order valence-electron chi connectivity index (χ3n) is 5.23. The molecule has 1 heterocycles. The Bertz CT molecular complexity index is 1080. The van der Waals surface area contributed by atoms with Crippen LogP contribution < -0.4 is 9.47 Å². The first kappa shape index (κ1) is 32.8. The largest absolute Gasteiger partial charge is 0.484 e. The van der Waals surface area contributed by atoms with Crippen LogP contribution in [0.2, 0.25) is 0 Å². The van der Waals surface area contributed by atoms with Crippen LogP contribution >= 0.6 is 0 Å². The van der Waals surface area contributed by atoms with Crippen LogP contribution in [0, 0.1) is 0 Å². The van der Waals surface area contributed by atoms with E-state index in [1.807, 2.05) is 0 Å². The van der Waals surface area contributed by atoms with E-state index in [4.69, 9.17) is 0 Å². The van der Waals surface area contributed by atoms with E-state index >= 15 is 0 Å². The molecular formula is C21H18F12N2O5. The van der Waals surface area contributed by atoms with Crippen LogP contribution in [0.25, 0.3) is 0 Å². The summed E-state index contributed by atoms with van der Waals surface area (Å²) in [5, 5.41) is 0. The van der Waals surface area contributed by atoms with Gasteiger partial charge in [0.05, 0.1) is 11.6 Å². The number of nitrogens with zero attached hydrogens (tertiary/aromatic N) is 2. The summed E-state index contributed by atoms with van der Waals surface area (Å²) >= 11 is 0. The first-order valence-electron chi connectivity index (χ1n) is 10.9. The molecule has 0 N–H and O–H groups in total. The fourth-order valence-electron chi connectivity index (χ4n) is 3.60. The highest BCUT2D eigenvalue weighted by atomic mass is 19.4. The Labute approximate surface area is 216 Å². The Balaban J connectivity index is 2.55. The minimum Gasteiger partial charge on any atom is -0.484 e. The van der Waals surface area contributed by atoms with Crippen molar-refractivity contribution < 1.29 is 76.5 Å². The average molecular weight is 606 g/mol. The molecule has 1 saturated heterocycles. The molecule has 1 aliphatic heterocycles. The lowest BCUT2D eigenvalue weighted by molar-refractivity contribution is -0.191. The highest BCUT2D eigenvalue weighted by Gasteiger charge is 2.49. The number of amides is 3. The van der Waals surface area contributed by atoms with Crippen LogP contribution in [0.1, 0.15) is 29.6 Å². The number of carbonyl (C=O) groups excluding carboxylic acids is 3. The second kappa shape index (κ2) is 12.0. The number of ether oxygens (including phenoxy) is 2. The van der Waals surface area contributed by atoms with Crippen LogP contribution in [0.3, 0.4) is 0 Å². The molecular weight excluding hydrogens is 588 g/mol. The summed E-state index contributed by atoms with van der Waals surface area (Å²) in [6.07, 6.45) is -21.7. The van der Waals surface area contributed by atoms with Crippen molar-refractivity contribution in [1.29, 1.82) is 0 Å². The summed E-state index contributed by atoms with van der Waals surface area (Å²) < 4.78 is 163. The molecule has 19 heteroatoms. The van der Waals surface area contributed by atoms with E-state index < -0.39 is 103 Å². The Morgan fingerprint density at radius 2 is 1.40 bits per heavy atom. The summed E-state index contributed by atoms with van der Waals surface area (Å²) in [5.74, 6) is -9.53. The predicted octanol–water partition coefficient (Wildman–Crippen LogP) is 5.04. The summed E-state index contributed by atoms with van der Waals surface area (Å²) in [5.41, 5.74) is -1.30. The number of hydrogen-bond donors (Lipinski definition) is 0. The number of carbonyl (C=O) groups is 3. The minimum absolute atomic E-state index is 0.00644. The Hall–Kier alpha value is -3.41. The van der Waals surface area contributed by atoms with E-state index in [1.165, 1.54) is 0 Å². The van der Waals surface area contributed by atoms with E-state index in [0.29, 0.717) is 12.1 Å². The van der Waals surface area contributed by atoms with Gasteiger partial charge in [0.25, 0.3) is 5.91 Å². The molecule has 1 unspecified atom stereocenters. The smallest absolute Gasteiger partial charge is 0.471 e. The normalized spacial score (nSPS) is 16.9. The van der Waals surface area contributed by atoms with Gasteiger partial charge in [0.15, 0.2) is 13.2 Å². The summed E-state index contributed by atoms with van der Waals surface area (Å²) in [6, 6.07) is -0.464. The molecule has 2 rings (SSSR count). The van der Waals surface area contributed by atoms with Crippen molar-refractivity contribution in [3.63, 3.8) is 0 Å². The lowest BCUT2D eigenvalue weighted by atomic mass is 10.0. The molecule has 1 aromatic rings. The Morgan fingerprint density at radius 3 is 1.93 bits per heavy atom. The lowest BCUT2D eigenvalue weighted by Gasteiger charge is -2.38. The summed E-state index contributed by atoms with van der Waals surface area (Å²) in [4.78, 5) is 36.5. The number of halogens is 12. The molecule has 3 amide bonds. The fourth-order valence-corrected chi connectivity index (χ4v) is 3.60. The van der Waals surface area contributed by atoms with Gasteiger partial charge in [0.2, 0.25) is 0 Å². The molecule has 40 heavy (non-hydrogen) atoms. The van der Waals surface area contributed by atoms with Gasteiger partial charge in [-0.05, 0) is 37.5 Å². The average Bonchev–Trinajstić information content (AvgIpc) is 2.81. The maximum atomic E-state index is 13.4. The number of benzene rings is 1.